The molecule has 0 saturated carbocycles. The van der Waals surface area contributed by atoms with Crippen LogP contribution in [-0.4, -0.2) is 44.9 Å². The fourth-order valence-corrected chi connectivity index (χ4v) is 4.43. The van der Waals surface area contributed by atoms with E-state index in [1.807, 2.05) is 0 Å². The average molecular weight is 483 g/mol. The minimum absolute atomic E-state index is 0.0134. The number of aromatic nitrogens is 4. The van der Waals surface area contributed by atoms with E-state index in [0.29, 0.717) is 22.0 Å². The first-order valence-corrected chi connectivity index (χ1v) is 10.8. The summed E-state index contributed by atoms with van der Waals surface area (Å²) in [5.74, 6) is -2.35. The molecule has 1 N–H and O–H groups in total. The van der Waals surface area contributed by atoms with Gasteiger partial charge in [0.1, 0.15) is 5.82 Å². The first kappa shape index (κ1) is 22.8. The predicted molar refractivity (Wildman–Crippen MR) is 122 cm³/mol. The number of alkyl halides is 3. The number of imidazole rings is 1. The second-order valence-corrected chi connectivity index (χ2v) is 8.38. The number of aromatic amines is 1. The van der Waals surface area contributed by atoms with Crippen molar-refractivity contribution in [2.24, 2.45) is 0 Å². The zero-order valence-corrected chi connectivity index (χ0v) is 18.5. The Hall–Kier alpha value is -3.96. The molecular weight excluding hydrogens is 465 g/mol. The van der Waals surface area contributed by atoms with E-state index in [-0.39, 0.29) is 48.5 Å². The number of hydrogen-bond acceptors (Lipinski definition) is 4. The van der Waals surface area contributed by atoms with Gasteiger partial charge in [-0.3, -0.25) is 9.59 Å². The summed E-state index contributed by atoms with van der Waals surface area (Å²) >= 11 is 0. The number of halogens is 4. The van der Waals surface area contributed by atoms with Crippen molar-refractivity contribution < 1.29 is 22.4 Å². The van der Waals surface area contributed by atoms with Crippen LogP contribution in [0.15, 0.2) is 47.3 Å². The minimum atomic E-state index is -4.60. The minimum Gasteiger partial charge on any atom is -0.331 e. The second kappa shape index (κ2) is 8.37. The Morgan fingerprint density at radius 1 is 1.11 bits per heavy atom. The largest absolute Gasteiger partial charge is 0.449 e. The summed E-state index contributed by atoms with van der Waals surface area (Å²) in [7, 11) is 1.46. The van der Waals surface area contributed by atoms with Crippen LogP contribution in [0.4, 0.5) is 17.6 Å². The van der Waals surface area contributed by atoms with Crippen LogP contribution in [0.5, 0.6) is 0 Å². The molecule has 12 heteroatoms. The molecule has 5 rings (SSSR count). The van der Waals surface area contributed by atoms with Crippen LogP contribution in [0.3, 0.4) is 0 Å². The van der Waals surface area contributed by atoms with Crippen molar-refractivity contribution in [2.75, 3.05) is 6.54 Å². The third-order valence-corrected chi connectivity index (χ3v) is 6.16. The van der Waals surface area contributed by atoms with Crippen molar-refractivity contribution in [2.45, 2.75) is 25.7 Å². The van der Waals surface area contributed by atoms with Gasteiger partial charge in [-0.15, -0.1) is 0 Å². The Morgan fingerprint density at radius 3 is 2.60 bits per heavy atom. The lowest BCUT2D eigenvalue weighted by molar-refractivity contribution is -0.147. The molecule has 0 radical (unpaired) electrons. The molecule has 2 aromatic heterocycles. The molecule has 1 aliphatic rings. The van der Waals surface area contributed by atoms with Crippen molar-refractivity contribution in [3.8, 4) is 0 Å². The van der Waals surface area contributed by atoms with E-state index >= 15 is 0 Å². The molecule has 3 heterocycles. The van der Waals surface area contributed by atoms with Crippen LogP contribution in [0.25, 0.3) is 10.8 Å². The van der Waals surface area contributed by atoms with E-state index in [9.17, 15) is 27.2 Å². The van der Waals surface area contributed by atoms with Crippen molar-refractivity contribution in [3.05, 3.63) is 87.0 Å². The number of hydrogen-bond donors (Lipinski definition) is 1. The maximum absolute atomic E-state index is 14.7. The molecule has 0 bridgehead atoms. The summed E-state index contributed by atoms with van der Waals surface area (Å²) in [5, 5.41) is 7.68. The molecule has 1 aliphatic heterocycles. The number of fused-ring (bicyclic) bond motifs is 2. The van der Waals surface area contributed by atoms with Gasteiger partial charge < -0.3 is 9.47 Å². The van der Waals surface area contributed by atoms with Crippen LogP contribution in [0.1, 0.15) is 33.1 Å². The van der Waals surface area contributed by atoms with Gasteiger partial charge in [0.25, 0.3) is 11.5 Å². The van der Waals surface area contributed by atoms with Crippen LogP contribution in [0, 0.1) is 5.82 Å². The first-order valence-electron chi connectivity index (χ1n) is 10.8. The molecule has 35 heavy (non-hydrogen) atoms. The number of amides is 1. The molecule has 0 unspecified atom stereocenters. The monoisotopic (exact) mass is 483 g/mol. The Balaban J connectivity index is 1.43. The molecule has 7 nitrogen and oxygen atoms in total. The van der Waals surface area contributed by atoms with E-state index < -0.39 is 23.7 Å². The molecular formula is C23H18BF4N5O2. The van der Waals surface area contributed by atoms with Gasteiger partial charge >= 0.3 is 6.18 Å². The van der Waals surface area contributed by atoms with Gasteiger partial charge in [-0.05, 0) is 23.8 Å². The van der Waals surface area contributed by atoms with Crippen LogP contribution in [0.2, 0.25) is 0 Å². The van der Waals surface area contributed by atoms with E-state index in [4.69, 9.17) is 0 Å². The Kier molecular flexibility index (Phi) is 5.45. The highest BCUT2D eigenvalue weighted by Crippen LogP contribution is 2.30. The summed E-state index contributed by atoms with van der Waals surface area (Å²) < 4.78 is 55.5. The summed E-state index contributed by atoms with van der Waals surface area (Å²) in [6.45, 7) is -0.213. The van der Waals surface area contributed by atoms with Crippen LogP contribution < -0.4 is 11.2 Å². The third kappa shape index (κ3) is 4.09. The van der Waals surface area contributed by atoms with Gasteiger partial charge in [-0.1, -0.05) is 24.3 Å². The number of nitrogens with one attached hydrogen (secondary N) is 1. The average Bonchev–Trinajstić information content (AvgIpc) is 3.18. The lowest BCUT2D eigenvalue weighted by atomic mass is 10.00. The van der Waals surface area contributed by atoms with Gasteiger partial charge in [0, 0.05) is 30.5 Å². The molecule has 1 amide bonds. The number of nitrogens with zero attached hydrogens (tertiary/aromatic N) is 4. The van der Waals surface area contributed by atoms with Gasteiger partial charge in [0.15, 0.2) is 7.85 Å². The quantitative estimate of drug-likeness (QED) is 0.356. The molecule has 0 spiro atoms. The molecule has 0 saturated heterocycles. The Labute approximate surface area is 196 Å². The molecule has 4 aromatic rings. The fourth-order valence-electron chi connectivity index (χ4n) is 4.43. The smallest absolute Gasteiger partial charge is 0.331 e. The van der Waals surface area contributed by atoms with Crippen LogP contribution in [-0.2, 0) is 25.7 Å². The summed E-state index contributed by atoms with van der Waals surface area (Å²) in [6, 6.07) is 11.1. The van der Waals surface area contributed by atoms with Gasteiger partial charge in [-0.25, -0.2) is 14.5 Å². The number of benzene rings is 2. The summed E-state index contributed by atoms with van der Waals surface area (Å²) in [4.78, 5) is 30.2. The van der Waals surface area contributed by atoms with Crippen molar-refractivity contribution in [3.63, 3.8) is 0 Å². The molecule has 0 fully saturated rings. The van der Waals surface area contributed by atoms with Crippen molar-refractivity contribution >= 4 is 30.1 Å². The fraction of sp³-hybridized carbons (Fsp3) is 0.217. The Bertz CT molecular complexity index is 1530. The summed E-state index contributed by atoms with van der Waals surface area (Å²) in [5.41, 5.74) is 1.10. The zero-order chi connectivity index (χ0) is 24.9. The van der Waals surface area contributed by atoms with Gasteiger partial charge in [-0.2, -0.15) is 18.3 Å². The van der Waals surface area contributed by atoms with Crippen molar-refractivity contribution in [1.29, 1.82) is 0 Å². The normalized spacial score (nSPS) is 13.8. The molecule has 0 atom stereocenters. The van der Waals surface area contributed by atoms with E-state index in [1.165, 1.54) is 30.9 Å². The third-order valence-electron chi connectivity index (χ3n) is 6.16. The van der Waals surface area contributed by atoms with Gasteiger partial charge in [0.05, 0.1) is 28.9 Å². The molecule has 178 valence electrons. The highest BCUT2D eigenvalue weighted by Gasteiger charge is 2.40. The molecule has 0 aliphatic carbocycles. The topological polar surface area (TPSA) is 83.9 Å². The summed E-state index contributed by atoms with van der Waals surface area (Å²) in [6.07, 6.45) is -4.37. The lowest BCUT2D eigenvalue weighted by Crippen LogP contribution is -2.41. The van der Waals surface area contributed by atoms with Crippen LogP contribution >= 0.6 is 0 Å². The van der Waals surface area contributed by atoms with E-state index in [1.54, 1.807) is 24.3 Å². The lowest BCUT2D eigenvalue weighted by Gasteiger charge is -2.30. The number of rotatable bonds is 3. The molecule has 2 aromatic carbocycles. The predicted octanol–water partition coefficient (Wildman–Crippen LogP) is 1.78. The SMILES string of the molecule is Bc1nc(C(F)(F)F)n2c1CN(C(=O)c1cc(Cc3n[nH]c(=O)c4ccccc34)ccc1F)CC2. The number of carbonyl (C=O) groups is 1. The Morgan fingerprint density at radius 2 is 1.86 bits per heavy atom. The maximum Gasteiger partial charge on any atom is 0.449 e. The van der Waals surface area contributed by atoms with Gasteiger partial charge in [0.2, 0.25) is 5.82 Å². The van der Waals surface area contributed by atoms with E-state index in [0.717, 1.165) is 4.57 Å². The number of carbonyl (C=O) groups excluding carboxylic acids is 1. The van der Waals surface area contributed by atoms with Crippen molar-refractivity contribution in [1.82, 2.24) is 24.6 Å². The van der Waals surface area contributed by atoms with E-state index in [2.05, 4.69) is 15.2 Å². The standard InChI is InChI=1S/C23H18BF4N5O2/c24-19-18-11-32(7-8-33(18)22(29-19)23(26,27)28)21(35)15-9-12(5-6-16(15)25)10-17-13-3-1-2-4-14(13)20(34)31-30-17/h1-6,9H,7-8,10-11,24H2,(H,31,34). The maximum atomic E-state index is 14.7. The first-order chi connectivity index (χ1) is 16.6. The zero-order valence-electron chi connectivity index (χ0n) is 18.5. The number of H-pyrrole nitrogens is 1. The highest BCUT2D eigenvalue weighted by molar-refractivity contribution is 6.31. The highest BCUT2D eigenvalue weighted by atomic mass is 19.4. The second-order valence-electron chi connectivity index (χ2n) is 8.38.